The van der Waals surface area contributed by atoms with Gasteiger partial charge in [0.1, 0.15) is 24.7 Å². The van der Waals surface area contributed by atoms with Gasteiger partial charge in [0.2, 0.25) is 18.2 Å². The normalized spacial score (nSPS) is 16.7. The highest BCUT2D eigenvalue weighted by molar-refractivity contribution is 6.35. The number of ketones is 1. The fourth-order valence-electron chi connectivity index (χ4n) is 4.67. The number of ether oxygens (including phenoxy) is 1. The highest BCUT2D eigenvalue weighted by Crippen LogP contribution is 2.27. The van der Waals surface area contributed by atoms with Crippen LogP contribution < -0.4 is 16.0 Å². The third kappa shape index (κ3) is 10.9. The van der Waals surface area contributed by atoms with Gasteiger partial charge in [0.15, 0.2) is 0 Å². The van der Waals surface area contributed by atoms with Gasteiger partial charge in [-0.1, -0.05) is 82.7 Å². The molecule has 3 amide bonds. The number of carbonyl (C=O) groups excluding carboxylic acids is 4. The van der Waals surface area contributed by atoms with Crippen LogP contribution in [-0.4, -0.2) is 59.3 Å². The minimum absolute atomic E-state index is 0.0165. The molecule has 1 aliphatic rings. The summed E-state index contributed by atoms with van der Waals surface area (Å²) in [6.07, 6.45) is 0.125. The average molecular weight is 568 g/mol. The summed E-state index contributed by atoms with van der Waals surface area (Å²) in [5.74, 6) is -5.45. The molecule has 0 radical (unpaired) electrons. The van der Waals surface area contributed by atoms with Gasteiger partial charge in [-0.25, -0.2) is 18.4 Å². The molecule has 0 spiro atoms. The second-order valence-electron chi connectivity index (χ2n) is 10.2. The van der Waals surface area contributed by atoms with Gasteiger partial charge in [-0.3, -0.25) is 14.4 Å². The van der Waals surface area contributed by atoms with Crippen molar-refractivity contribution in [1.29, 1.82) is 0 Å². The number of Topliss-reactive ketones (excluding diaryl/α,β-unsaturated/α-hetero) is 1. The first kappa shape index (κ1) is 32.6. The first-order valence-electron chi connectivity index (χ1n) is 13.6. The van der Waals surface area contributed by atoms with E-state index in [9.17, 15) is 32.8 Å². The Balaban J connectivity index is 2.17. The van der Waals surface area contributed by atoms with Crippen LogP contribution in [0.25, 0.3) is 0 Å². The molecule has 1 fully saturated rings. The first-order chi connectivity index (χ1) is 19.0. The number of carboxylic acids is 1. The summed E-state index contributed by atoms with van der Waals surface area (Å²) in [6.45, 7) is 3.54. The first-order valence-corrected chi connectivity index (χ1v) is 13.6. The molecule has 222 valence electrons. The van der Waals surface area contributed by atoms with E-state index in [0.717, 1.165) is 37.7 Å². The van der Waals surface area contributed by atoms with Crippen molar-refractivity contribution in [2.45, 2.75) is 96.4 Å². The van der Waals surface area contributed by atoms with E-state index < -0.39 is 60.6 Å². The molecule has 0 heterocycles. The highest BCUT2D eigenvalue weighted by atomic mass is 19.3. The molecule has 4 unspecified atom stereocenters. The summed E-state index contributed by atoms with van der Waals surface area (Å²) in [7, 11) is 0. The maximum Gasteiger partial charge on any atom is 0.408 e. The Morgan fingerprint density at radius 2 is 1.57 bits per heavy atom. The van der Waals surface area contributed by atoms with Crippen LogP contribution in [0.5, 0.6) is 0 Å². The van der Waals surface area contributed by atoms with Crippen molar-refractivity contribution in [2.75, 3.05) is 0 Å². The van der Waals surface area contributed by atoms with Crippen LogP contribution in [0.3, 0.4) is 0 Å². The number of nitrogens with one attached hydrogen (secondary N) is 3. The summed E-state index contributed by atoms with van der Waals surface area (Å²) >= 11 is 0. The number of alkyl halides is 2. The number of carboxylic acid groups (broad SMARTS) is 1. The lowest BCUT2D eigenvalue weighted by Crippen LogP contribution is -2.58. The smallest absolute Gasteiger partial charge is 0.408 e. The van der Waals surface area contributed by atoms with Crippen molar-refractivity contribution in [3.05, 3.63) is 35.9 Å². The number of benzene rings is 1. The Morgan fingerprint density at radius 3 is 2.15 bits per heavy atom. The van der Waals surface area contributed by atoms with Crippen molar-refractivity contribution >= 4 is 29.7 Å². The number of hydrogen-bond acceptors (Lipinski definition) is 6. The van der Waals surface area contributed by atoms with Crippen molar-refractivity contribution in [3.63, 3.8) is 0 Å². The average Bonchev–Trinajstić information content (AvgIpc) is 2.93. The molecule has 4 N–H and O–H groups in total. The predicted molar refractivity (Wildman–Crippen MR) is 141 cm³/mol. The molecule has 12 heteroatoms. The molecular weight excluding hydrogens is 528 g/mol. The van der Waals surface area contributed by atoms with Crippen molar-refractivity contribution < 1.29 is 42.6 Å². The van der Waals surface area contributed by atoms with E-state index in [1.165, 1.54) is 0 Å². The molecule has 1 aromatic rings. The van der Waals surface area contributed by atoms with Gasteiger partial charge in [0, 0.05) is 6.42 Å². The van der Waals surface area contributed by atoms with Crippen LogP contribution in [0.15, 0.2) is 30.3 Å². The maximum atomic E-state index is 13.4. The Labute approximate surface area is 232 Å². The number of rotatable bonds is 15. The minimum Gasteiger partial charge on any atom is -0.475 e. The van der Waals surface area contributed by atoms with E-state index in [0.29, 0.717) is 6.42 Å². The number of halogens is 2. The molecule has 1 aromatic carbocycles. The van der Waals surface area contributed by atoms with Crippen LogP contribution in [0.1, 0.15) is 70.8 Å². The van der Waals surface area contributed by atoms with Crippen LogP contribution in [-0.2, 0) is 30.5 Å². The minimum atomic E-state index is -3.04. The lowest BCUT2D eigenvalue weighted by Gasteiger charge is -2.30. The number of hydrogen-bond donors (Lipinski definition) is 4. The molecular formula is C28H39F2N3O7. The molecule has 0 saturated heterocycles. The summed E-state index contributed by atoms with van der Waals surface area (Å²) in [5.41, 5.74) is 0.751. The number of amides is 3. The van der Waals surface area contributed by atoms with Crippen LogP contribution in [0.4, 0.5) is 13.6 Å². The monoisotopic (exact) mass is 567 g/mol. The zero-order valence-electron chi connectivity index (χ0n) is 22.9. The number of carbonyl (C=O) groups is 5. The highest BCUT2D eigenvalue weighted by Gasteiger charge is 2.35. The second kappa shape index (κ2) is 16.5. The van der Waals surface area contributed by atoms with E-state index in [2.05, 4.69) is 16.0 Å². The molecule has 4 atom stereocenters. The molecule has 1 saturated carbocycles. The zero-order chi connectivity index (χ0) is 29.7. The van der Waals surface area contributed by atoms with Crippen LogP contribution in [0, 0.1) is 11.8 Å². The van der Waals surface area contributed by atoms with E-state index in [1.807, 2.05) is 13.0 Å². The molecule has 10 nitrogen and oxygen atoms in total. The van der Waals surface area contributed by atoms with Crippen molar-refractivity contribution in [2.24, 2.45) is 11.8 Å². The summed E-state index contributed by atoms with van der Waals surface area (Å²) in [6, 6.07) is 4.69. The fourth-order valence-corrected chi connectivity index (χ4v) is 4.67. The molecule has 1 aliphatic carbocycles. The van der Waals surface area contributed by atoms with E-state index in [-0.39, 0.29) is 24.9 Å². The van der Waals surface area contributed by atoms with Gasteiger partial charge >= 0.3 is 12.1 Å². The quantitative estimate of drug-likeness (QED) is 0.237. The lowest BCUT2D eigenvalue weighted by molar-refractivity contribution is -0.151. The molecule has 0 aromatic heterocycles. The second-order valence-corrected chi connectivity index (χ2v) is 10.2. The van der Waals surface area contributed by atoms with E-state index in [1.54, 1.807) is 31.2 Å². The Kier molecular flexibility index (Phi) is 13.5. The summed E-state index contributed by atoms with van der Waals surface area (Å²) in [4.78, 5) is 62.2. The Bertz CT molecular complexity index is 1000. The van der Waals surface area contributed by atoms with Gasteiger partial charge in [0.05, 0.1) is 0 Å². The zero-order valence-corrected chi connectivity index (χ0v) is 22.9. The standard InChI is InChI=1S/C28H39F2N3O7/c1-3-17(2)23(33-28(39)40-16-19-12-8-5-9-13-19)26(36)32-21(14-18-10-6-4-7-11-18)25(35)31-20(15-22(29)30)24(34)27(37)38/h5,8-9,12-13,17-18,20-23H,3-4,6-7,10-11,14-16H2,1-2H3,(H,31,35)(H,32,36)(H,33,39)(H,37,38). The van der Waals surface area contributed by atoms with Crippen molar-refractivity contribution in [3.8, 4) is 0 Å². The van der Waals surface area contributed by atoms with E-state index >= 15 is 0 Å². The summed E-state index contributed by atoms with van der Waals surface area (Å²) < 4.78 is 31.3. The maximum absolute atomic E-state index is 13.4. The molecule has 2 rings (SSSR count). The predicted octanol–water partition coefficient (Wildman–Crippen LogP) is 3.58. The lowest BCUT2D eigenvalue weighted by atomic mass is 9.84. The largest absolute Gasteiger partial charge is 0.475 e. The Hall–Kier alpha value is -3.57. The Morgan fingerprint density at radius 1 is 0.950 bits per heavy atom. The topological polar surface area (TPSA) is 151 Å². The van der Waals surface area contributed by atoms with Gasteiger partial charge in [0.25, 0.3) is 5.78 Å². The van der Waals surface area contributed by atoms with E-state index in [4.69, 9.17) is 9.84 Å². The number of aliphatic carboxylic acids is 1. The van der Waals surface area contributed by atoms with Gasteiger partial charge in [-0.05, 0) is 23.8 Å². The van der Waals surface area contributed by atoms with Gasteiger partial charge in [-0.15, -0.1) is 0 Å². The third-order valence-corrected chi connectivity index (χ3v) is 7.17. The SMILES string of the molecule is CCC(C)C(NC(=O)OCc1ccccc1)C(=O)NC(CC1CCCCC1)C(=O)NC(CC(F)F)C(=O)C(=O)O. The molecule has 0 aliphatic heterocycles. The van der Waals surface area contributed by atoms with Crippen LogP contribution in [0.2, 0.25) is 0 Å². The number of alkyl carbamates (subject to hydrolysis) is 1. The fraction of sp³-hybridized carbons (Fsp3) is 0.607. The molecule has 0 bridgehead atoms. The summed E-state index contributed by atoms with van der Waals surface area (Å²) in [5, 5.41) is 16.3. The third-order valence-electron chi connectivity index (χ3n) is 7.17. The van der Waals surface area contributed by atoms with Gasteiger partial charge < -0.3 is 25.8 Å². The van der Waals surface area contributed by atoms with Crippen LogP contribution >= 0.6 is 0 Å². The van der Waals surface area contributed by atoms with Gasteiger partial charge in [-0.2, -0.15) is 0 Å². The van der Waals surface area contributed by atoms with Crippen molar-refractivity contribution in [1.82, 2.24) is 16.0 Å². The molecule has 40 heavy (non-hydrogen) atoms.